The number of ether oxygens (including phenoxy) is 2. The summed E-state index contributed by atoms with van der Waals surface area (Å²) in [5.41, 5.74) is 0. The summed E-state index contributed by atoms with van der Waals surface area (Å²) in [5.74, 6) is -0.840. The monoisotopic (exact) mass is 401 g/mol. The molecule has 2 fully saturated rings. The number of rotatable bonds is 6. The van der Waals surface area contributed by atoms with Crippen molar-refractivity contribution in [2.75, 3.05) is 18.9 Å². The Kier molecular flexibility index (Phi) is 5.87. The number of thiocarbonyl (C=S) groups is 1. The number of fused-ring (bicyclic) bond motifs is 5. The van der Waals surface area contributed by atoms with E-state index in [2.05, 4.69) is 0 Å². The third kappa shape index (κ3) is 3.65. The number of nitrogens with zero attached hydrogens (tertiary/aromatic N) is 1. The van der Waals surface area contributed by atoms with Gasteiger partial charge in [-0.3, -0.25) is 19.3 Å². The Labute approximate surface area is 160 Å². The van der Waals surface area contributed by atoms with Crippen LogP contribution in [-0.2, 0) is 23.9 Å². The minimum absolute atomic E-state index is 0.00203. The van der Waals surface area contributed by atoms with Gasteiger partial charge in [0.25, 0.3) is 0 Å². The molecule has 3 rings (SSSR count). The summed E-state index contributed by atoms with van der Waals surface area (Å²) in [4.78, 5) is 38.1. The van der Waals surface area contributed by atoms with Crippen molar-refractivity contribution in [2.24, 2.45) is 11.8 Å². The van der Waals surface area contributed by atoms with Crippen LogP contribution in [0.4, 0.5) is 0 Å². The molecule has 0 radical (unpaired) electrons. The van der Waals surface area contributed by atoms with Gasteiger partial charge in [0.15, 0.2) is 0 Å². The van der Waals surface area contributed by atoms with Crippen LogP contribution in [0.15, 0.2) is 12.2 Å². The molecule has 6 nitrogen and oxygen atoms in total. The molecule has 0 N–H and O–H groups in total. The molecule has 25 heavy (non-hydrogen) atoms. The first-order valence-electron chi connectivity index (χ1n) is 8.13. The zero-order valence-electron chi connectivity index (χ0n) is 13.9. The van der Waals surface area contributed by atoms with Crippen LogP contribution < -0.4 is 0 Å². The van der Waals surface area contributed by atoms with Gasteiger partial charge in [-0.25, -0.2) is 0 Å². The lowest BCUT2D eigenvalue weighted by molar-refractivity contribution is -0.149. The van der Waals surface area contributed by atoms with Crippen molar-refractivity contribution < 1.29 is 23.9 Å². The molecule has 2 saturated heterocycles. The van der Waals surface area contributed by atoms with E-state index in [0.29, 0.717) is 3.53 Å². The van der Waals surface area contributed by atoms with Crippen molar-refractivity contribution in [3.8, 4) is 0 Å². The van der Waals surface area contributed by atoms with E-state index in [0.717, 1.165) is 5.75 Å². The van der Waals surface area contributed by atoms with Gasteiger partial charge < -0.3 is 9.47 Å². The van der Waals surface area contributed by atoms with Crippen molar-refractivity contribution in [3.05, 3.63) is 12.2 Å². The van der Waals surface area contributed by atoms with Crippen LogP contribution in [0.5, 0.6) is 0 Å². The Bertz CT molecular complexity index is 607. The van der Waals surface area contributed by atoms with Crippen LogP contribution in [0, 0.1) is 11.8 Å². The van der Waals surface area contributed by atoms with Gasteiger partial charge in [-0.05, 0) is 12.7 Å². The maximum Gasteiger partial charge on any atom is 0.319 e. The minimum atomic E-state index is -0.420. The van der Waals surface area contributed by atoms with E-state index in [1.807, 2.05) is 19.1 Å². The maximum absolute atomic E-state index is 12.4. The zero-order valence-corrected chi connectivity index (χ0v) is 16.3. The van der Waals surface area contributed by atoms with E-state index >= 15 is 0 Å². The van der Waals surface area contributed by atoms with Gasteiger partial charge in [-0.1, -0.05) is 43.1 Å². The lowest BCUT2D eigenvalue weighted by Crippen LogP contribution is -2.37. The van der Waals surface area contributed by atoms with Gasteiger partial charge >= 0.3 is 5.97 Å². The quantitative estimate of drug-likeness (QED) is 0.288. The standard InChI is InChI=1S/C16H19NO5S3/c1-3-24-16(23)25-8(2)15(20)21-7-6-17-13(18)11-9-4-5-10(22-9)12(11)14(17)19/h4-5,8-12H,3,6-7H2,1-2H3/t8?,9-,10?,11-,12+/m1/s1. The fraction of sp³-hybridized carbons (Fsp3) is 0.625. The third-order valence-electron chi connectivity index (χ3n) is 4.43. The average molecular weight is 402 g/mol. The Morgan fingerprint density at radius 1 is 1.32 bits per heavy atom. The Morgan fingerprint density at radius 3 is 2.48 bits per heavy atom. The number of esters is 1. The maximum atomic E-state index is 12.4. The van der Waals surface area contributed by atoms with Crippen LogP contribution in [0.2, 0.25) is 0 Å². The molecule has 5 atom stereocenters. The van der Waals surface area contributed by atoms with Crippen molar-refractivity contribution >= 4 is 57.1 Å². The van der Waals surface area contributed by atoms with E-state index in [9.17, 15) is 14.4 Å². The van der Waals surface area contributed by atoms with Crippen LogP contribution >= 0.6 is 35.7 Å². The highest BCUT2D eigenvalue weighted by Crippen LogP contribution is 2.44. The Hall–Kier alpha value is -0.900. The summed E-state index contributed by atoms with van der Waals surface area (Å²) in [5, 5.41) is -0.413. The summed E-state index contributed by atoms with van der Waals surface area (Å²) < 4.78 is 11.5. The molecule has 0 aliphatic carbocycles. The van der Waals surface area contributed by atoms with E-state index in [1.165, 1.54) is 28.4 Å². The number of carbonyl (C=O) groups excluding carboxylic acids is 3. The largest absolute Gasteiger partial charge is 0.463 e. The van der Waals surface area contributed by atoms with Gasteiger partial charge in [0.1, 0.15) is 15.4 Å². The van der Waals surface area contributed by atoms with Gasteiger partial charge in [-0.15, -0.1) is 11.8 Å². The van der Waals surface area contributed by atoms with Gasteiger partial charge in [0.2, 0.25) is 11.8 Å². The van der Waals surface area contributed by atoms with Gasteiger partial charge in [-0.2, -0.15) is 0 Å². The highest BCUT2D eigenvalue weighted by atomic mass is 32.2. The number of imide groups is 1. The normalized spacial score (nSPS) is 30.7. The number of amides is 2. The highest BCUT2D eigenvalue weighted by molar-refractivity contribution is 8.47. The number of hydrogen-bond donors (Lipinski definition) is 0. The summed E-state index contributed by atoms with van der Waals surface area (Å²) in [6.45, 7) is 3.80. The molecule has 2 bridgehead atoms. The van der Waals surface area contributed by atoms with E-state index in [4.69, 9.17) is 21.7 Å². The number of likely N-dealkylation sites (tertiary alicyclic amines) is 1. The fourth-order valence-electron chi connectivity index (χ4n) is 3.28. The van der Waals surface area contributed by atoms with Crippen LogP contribution in [0.1, 0.15) is 13.8 Å². The van der Waals surface area contributed by atoms with Crippen LogP contribution in [0.3, 0.4) is 0 Å². The minimum Gasteiger partial charge on any atom is -0.463 e. The van der Waals surface area contributed by atoms with E-state index in [1.54, 1.807) is 6.92 Å². The molecule has 136 valence electrons. The van der Waals surface area contributed by atoms with Crippen molar-refractivity contribution in [2.45, 2.75) is 31.3 Å². The first-order chi connectivity index (χ1) is 11.9. The van der Waals surface area contributed by atoms with Crippen molar-refractivity contribution in [3.63, 3.8) is 0 Å². The molecule has 2 amide bonds. The molecule has 9 heteroatoms. The SMILES string of the molecule is CCSC(=S)SC(C)C(=O)OCCN1C(=O)[C@@H]2[C@H]3C=CC(O3)[C@@H]2C1=O. The Morgan fingerprint density at radius 2 is 1.92 bits per heavy atom. The van der Waals surface area contributed by atoms with Crippen LogP contribution in [0.25, 0.3) is 0 Å². The van der Waals surface area contributed by atoms with Gasteiger partial charge in [0.05, 0.1) is 30.6 Å². The van der Waals surface area contributed by atoms with Crippen molar-refractivity contribution in [1.29, 1.82) is 0 Å². The molecule has 0 aromatic carbocycles. The predicted molar refractivity (Wildman–Crippen MR) is 100 cm³/mol. The molecule has 3 heterocycles. The van der Waals surface area contributed by atoms with Crippen LogP contribution in [-0.4, -0.2) is 62.6 Å². The topological polar surface area (TPSA) is 72.9 Å². The molecular formula is C16H19NO5S3. The molecule has 3 aliphatic rings. The molecular weight excluding hydrogens is 382 g/mol. The summed E-state index contributed by atoms with van der Waals surface area (Å²) in [7, 11) is 0. The third-order valence-corrected chi connectivity index (χ3v) is 6.98. The van der Waals surface area contributed by atoms with E-state index < -0.39 is 23.1 Å². The van der Waals surface area contributed by atoms with Gasteiger partial charge in [0, 0.05) is 0 Å². The first-order valence-corrected chi connectivity index (χ1v) is 10.4. The lowest BCUT2D eigenvalue weighted by atomic mass is 9.85. The first kappa shape index (κ1) is 18.9. The predicted octanol–water partition coefficient (Wildman–Crippen LogP) is 1.63. The molecule has 0 spiro atoms. The molecule has 2 unspecified atom stereocenters. The fourth-order valence-corrected chi connectivity index (χ4v) is 5.82. The zero-order chi connectivity index (χ0) is 18.1. The average Bonchev–Trinajstić information content (AvgIpc) is 3.24. The molecule has 0 saturated carbocycles. The molecule has 0 aromatic rings. The number of carbonyl (C=O) groups is 3. The lowest BCUT2D eigenvalue weighted by Gasteiger charge is -2.18. The summed E-state index contributed by atoms with van der Waals surface area (Å²) >= 11 is 7.95. The second kappa shape index (κ2) is 7.77. The number of hydrogen-bond acceptors (Lipinski definition) is 8. The molecule has 3 aliphatic heterocycles. The smallest absolute Gasteiger partial charge is 0.319 e. The highest BCUT2D eigenvalue weighted by Gasteiger charge is 2.60. The Balaban J connectivity index is 1.47. The summed E-state index contributed by atoms with van der Waals surface area (Å²) in [6.07, 6.45) is 3.09. The van der Waals surface area contributed by atoms with E-state index in [-0.39, 0.29) is 37.2 Å². The van der Waals surface area contributed by atoms with Crippen molar-refractivity contribution in [1.82, 2.24) is 4.90 Å². The second-order valence-corrected chi connectivity index (χ2v) is 9.75. The second-order valence-electron chi connectivity index (χ2n) is 5.94. The molecule has 0 aromatic heterocycles. The number of thioether (sulfide) groups is 2. The summed E-state index contributed by atoms with van der Waals surface area (Å²) in [6, 6.07) is 0.